The minimum Gasteiger partial charge on any atom is -0.491 e. The van der Waals surface area contributed by atoms with Crippen LogP contribution in [-0.2, 0) is 20.0 Å². The van der Waals surface area contributed by atoms with Gasteiger partial charge in [0.25, 0.3) is 0 Å². The summed E-state index contributed by atoms with van der Waals surface area (Å²) in [5.41, 5.74) is 2.52. The summed E-state index contributed by atoms with van der Waals surface area (Å²) in [6, 6.07) is 8.20. The number of aliphatic hydroxyl groups is 1. The van der Waals surface area contributed by atoms with Crippen LogP contribution in [0.4, 0.5) is 0 Å². The summed E-state index contributed by atoms with van der Waals surface area (Å²) < 4.78 is 7.62. The monoisotopic (exact) mass is 386 g/mol. The summed E-state index contributed by atoms with van der Waals surface area (Å²) in [4.78, 5) is 4.65. The van der Waals surface area contributed by atoms with Crippen molar-refractivity contribution < 1.29 is 9.84 Å². The highest BCUT2D eigenvalue weighted by atomic mass is 16.5. The van der Waals surface area contributed by atoms with E-state index in [4.69, 9.17) is 4.74 Å². The Morgan fingerprint density at radius 3 is 2.57 bits per heavy atom. The Bertz CT molecular complexity index is 695. The van der Waals surface area contributed by atoms with Crippen molar-refractivity contribution in [1.29, 1.82) is 0 Å². The average molecular weight is 387 g/mol. The molecule has 3 rings (SSSR count). The summed E-state index contributed by atoms with van der Waals surface area (Å²) >= 11 is 0. The number of β-amino-alcohol motifs (C(OH)–C–C–N with tert-alkyl or cyclic N) is 1. The lowest BCUT2D eigenvalue weighted by atomic mass is 10.1. The number of aliphatic hydroxyl groups excluding tert-OH is 1. The van der Waals surface area contributed by atoms with Crippen molar-refractivity contribution in [2.45, 2.75) is 38.3 Å². The second-order valence-electron chi connectivity index (χ2n) is 7.98. The van der Waals surface area contributed by atoms with Crippen molar-refractivity contribution in [2.75, 3.05) is 39.8 Å². The highest BCUT2D eigenvalue weighted by Crippen LogP contribution is 2.15. The van der Waals surface area contributed by atoms with E-state index in [2.05, 4.69) is 40.3 Å². The maximum atomic E-state index is 10.2. The van der Waals surface area contributed by atoms with Gasteiger partial charge in [-0.3, -0.25) is 4.68 Å². The first kappa shape index (κ1) is 20.8. The van der Waals surface area contributed by atoms with Crippen LogP contribution in [0.2, 0.25) is 0 Å². The van der Waals surface area contributed by atoms with Crippen LogP contribution < -0.4 is 4.74 Å². The first-order valence-electron chi connectivity index (χ1n) is 10.4. The van der Waals surface area contributed by atoms with Crippen LogP contribution in [0.15, 0.2) is 36.7 Å². The van der Waals surface area contributed by atoms with Gasteiger partial charge in [0.05, 0.1) is 6.20 Å². The molecule has 1 aromatic heterocycles. The van der Waals surface area contributed by atoms with E-state index in [0.717, 1.165) is 38.3 Å². The third-order valence-corrected chi connectivity index (χ3v) is 5.28. The van der Waals surface area contributed by atoms with Crippen LogP contribution in [-0.4, -0.2) is 70.6 Å². The van der Waals surface area contributed by atoms with Crippen molar-refractivity contribution in [3.8, 4) is 5.75 Å². The topological polar surface area (TPSA) is 53.8 Å². The highest BCUT2D eigenvalue weighted by molar-refractivity contribution is 5.27. The van der Waals surface area contributed by atoms with E-state index in [-0.39, 0.29) is 0 Å². The van der Waals surface area contributed by atoms with E-state index in [1.54, 1.807) is 0 Å². The number of ether oxygens (including phenoxy) is 1. The summed E-state index contributed by atoms with van der Waals surface area (Å²) in [6.45, 7) is 5.14. The Morgan fingerprint density at radius 2 is 1.89 bits per heavy atom. The van der Waals surface area contributed by atoms with Gasteiger partial charge in [-0.2, -0.15) is 5.10 Å². The molecule has 2 aromatic rings. The third kappa shape index (κ3) is 6.93. The van der Waals surface area contributed by atoms with Gasteiger partial charge < -0.3 is 19.6 Å². The standard InChI is InChI=1S/C22H34N4O2/c1-24(13-10-20-14-23-25(2)16-20)15-19-6-8-22(9-7-19)28-18-21(27)17-26-11-4-3-5-12-26/h6-9,14,16,21,27H,3-5,10-13,15,17-18H2,1-2H3. The summed E-state index contributed by atoms with van der Waals surface area (Å²) in [5, 5.41) is 14.4. The zero-order valence-corrected chi connectivity index (χ0v) is 17.3. The van der Waals surface area contributed by atoms with Gasteiger partial charge in [-0.15, -0.1) is 0 Å². The molecule has 2 heterocycles. The molecule has 0 saturated carbocycles. The lowest BCUT2D eigenvalue weighted by Gasteiger charge is -2.28. The average Bonchev–Trinajstić information content (AvgIpc) is 3.12. The van der Waals surface area contributed by atoms with Crippen molar-refractivity contribution in [3.63, 3.8) is 0 Å². The maximum Gasteiger partial charge on any atom is 0.119 e. The molecule has 6 nitrogen and oxygen atoms in total. The van der Waals surface area contributed by atoms with E-state index in [1.165, 1.54) is 30.4 Å². The van der Waals surface area contributed by atoms with Gasteiger partial charge in [0.2, 0.25) is 0 Å². The molecule has 0 spiro atoms. The van der Waals surface area contributed by atoms with Crippen LogP contribution in [0, 0.1) is 0 Å². The molecule has 0 bridgehead atoms. The molecule has 1 aliphatic heterocycles. The quantitative estimate of drug-likeness (QED) is 0.679. The Balaban J connectivity index is 1.36. The Labute approximate surface area is 168 Å². The molecule has 154 valence electrons. The van der Waals surface area contributed by atoms with Gasteiger partial charge >= 0.3 is 0 Å². The second-order valence-corrected chi connectivity index (χ2v) is 7.98. The molecular formula is C22H34N4O2. The molecule has 0 radical (unpaired) electrons. The SMILES string of the molecule is CN(CCc1cnn(C)c1)Cc1ccc(OCC(O)CN2CCCCC2)cc1. The first-order valence-corrected chi connectivity index (χ1v) is 10.4. The number of benzene rings is 1. The van der Waals surface area contributed by atoms with Gasteiger partial charge in [-0.1, -0.05) is 18.6 Å². The number of hydrogen-bond acceptors (Lipinski definition) is 5. The van der Waals surface area contributed by atoms with Crippen LogP contribution >= 0.6 is 0 Å². The number of hydrogen-bond donors (Lipinski definition) is 1. The largest absolute Gasteiger partial charge is 0.491 e. The molecular weight excluding hydrogens is 352 g/mol. The van der Waals surface area contributed by atoms with Crippen molar-refractivity contribution in [2.24, 2.45) is 7.05 Å². The van der Waals surface area contributed by atoms with Gasteiger partial charge in [0.15, 0.2) is 0 Å². The summed E-state index contributed by atoms with van der Waals surface area (Å²) in [5.74, 6) is 0.819. The number of aromatic nitrogens is 2. The molecule has 1 atom stereocenters. The van der Waals surface area contributed by atoms with Crippen LogP contribution in [0.1, 0.15) is 30.4 Å². The minimum absolute atomic E-state index is 0.348. The molecule has 0 amide bonds. The van der Waals surface area contributed by atoms with Crippen LogP contribution in [0.5, 0.6) is 5.75 Å². The predicted molar refractivity (Wildman–Crippen MR) is 111 cm³/mol. The molecule has 6 heteroatoms. The second kappa shape index (κ2) is 10.6. The van der Waals surface area contributed by atoms with Gasteiger partial charge in [0.1, 0.15) is 18.5 Å². The van der Waals surface area contributed by atoms with E-state index < -0.39 is 6.10 Å². The van der Waals surface area contributed by atoms with Crippen molar-refractivity contribution >= 4 is 0 Å². The molecule has 1 fully saturated rings. The van der Waals surface area contributed by atoms with E-state index in [0.29, 0.717) is 13.2 Å². The summed E-state index contributed by atoms with van der Waals surface area (Å²) in [6.07, 6.45) is 8.36. The van der Waals surface area contributed by atoms with E-state index in [9.17, 15) is 5.11 Å². The Kier molecular flexibility index (Phi) is 7.89. The van der Waals surface area contributed by atoms with Crippen molar-refractivity contribution in [1.82, 2.24) is 19.6 Å². The number of piperidine rings is 1. The fourth-order valence-electron chi connectivity index (χ4n) is 3.69. The van der Waals surface area contributed by atoms with Gasteiger partial charge in [0, 0.05) is 32.9 Å². The van der Waals surface area contributed by atoms with Crippen LogP contribution in [0.3, 0.4) is 0 Å². The number of aryl methyl sites for hydroxylation is 1. The minimum atomic E-state index is -0.434. The molecule has 1 aliphatic rings. The smallest absolute Gasteiger partial charge is 0.119 e. The lowest BCUT2D eigenvalue weighted by molar-refractivity contribution is 0.0617. The fraction of sp³-hybridized carbons (Fsp3) is 0.591. The molecule has 1 saturated heterocycles. The number of likely N-dealkylation sites (N-methyl/N-ethyl adjacent to an activating group) is 1. The number of likely N-dealkylation sites (tertiary alicyclic amines) is 1. The third-order valence-electron chi connectivity index (χ3n) is 5.28. The van der Waals surface area contributed by atoms with Crippen LogP contribution in [0.25, 0.3) is 0 Å². The highest BCUT2D eigenvalue weighted by Gasteiger charge is 2.15. The van der Waals surface area contributed by atoms with E-state index in [1.807, 2.05) is 30.1 Å². The zero-order valence-electron chi connectivity index (χ0n) is 17.3. The normalized spacial score (nSPS) is 16.4. The maximum absolute atomic E-state index is 10.2. The molecule has 28 heavy (non-hydrogen) atoms. The Morgan fingerprint density at radius 1 is 1.14 bits per heavy atom. The summed E-state index contributed by atoms with van der Waals surface area (Å²) in [7, 11) is 4.08. The van der Waals surface area contributed by atoms with Gasteiger partial charge in [-0.25, -0.2) is 0 Å². The van der Waals surface area contributed by atoms with Gasteiger partial charge in [-0.05, 0) is 62.7 Å². The molecule has 1 N–H and O–H groups in total. The number of rotatable bonds is 10. The fourth-order valence-corrected chi connectivity index (χ4v) is 3.69. The lowest BCUT2D eigenvalue weighted by Crippen LogP contribution is -2.38. The molecule has 0 aliphatic carbocycles. The predicted octanol–water partition coefficient (Wildman–Crippen LogP) is 2.32. The first-order chi connectivity index (χ1) is 13.6. The zero-order chi connectivity index (χ0) is 19.8. The molecule has 1 unspecified atom stereocenters. The van der Waals surface area contributed by atoms with E-state index >= 15 is 0 Å². The van der Waals surface area contributed by atoms with Crippen molar-refractivity contribution in [3.05, 3.63) is 47.8 Å². The molecule has 1 aromatic carbocycles. The number of nitrogens with zero attached hydrogens (tertiary/aromatic N) is 4. The Hall–Kier alpha value is -1.89.